The molecular weight excluding hydrogens is 568 g/mol. The molecule has 226 valence electrons. The molecule has 0 bridgehead atoms. The molecule has 43 heavy (non-hydrogen) atoms. The van der Waals surface area contributed by atoms with Gasteiger partial charge < -0.3 is 14.4 Å². The lowest BCUT2D eigenvalue weighted by Crippen LogP contribution is -2.49. The van der Waals surface area contributed by atoms with Gasteiger partial charge in [-0.2, -0.15) is 0 Å². The average molecular weight is 605 g/mol. The molecule has 2 aromatic heterocycles. The molecule has 1 fully saturated rings. The second kappa shape index (κ2) is 12.9. The van der Waals surface area contributed by atoms with Gasteiger partial charge in [0.25, 0.3) is 10.0 Å². The number of esters is 1. The third-order valence-electron chi connectivity index (χ3n) is 7.58. The van der Waals surface area contributed by atoms with Crippen molar-refractivity contribution in [2.75, 3.05) is 31.7 Å². The van der Waals surface area contributed by atoms with Gasteiger partial charge in [-0.1, -0.05) is 37.5 Å². The number of aryl methyl sites for hydroxylation is 1. The molecule has 0 saturated carbocycles. The molecule has 0 N–H and O–H groups in total. The van der Waals surface area contributed by atoms with Gasteiger partial charge >= 0.3 is 12.0 Å². The lowest BCUT2D eigenvalue weighted by atomic mass is 10.1. The standard InChI is InChI=1S/C32H36N4O6S/c1-4-5-6-20-42-29-21-25(10-13-28(29)31(37)41-3)35-18-7-17-34(32(35)38)22-24-14-16-33-30-27(24)15-19-36(30)43(39,40)26-11-8-23(2)9-12-26/h8-16,19,21H,4-7,17-18,20,22H2,1-3H3. The summed E-state index contributed by atoms with van der Waals surface area (Å²) in [6.07, 6.45) is 6.71. The molecule has 2 amide bonds. The summed E-state index contributed by atoms with van der Waals surface area (Å²) in [4.78, 5) is 34.1. The summed E-state index contributed by atoms with van der Waals surface area (Å²) >= 11 is 0. The summed E-state index contributed by atoms with van der Waals surface area (Å²) in [6, 6.07) is 15.1. The zero-order valence-electron chi connectivity index (χ0n) is 24.7. The Bertz CT molecular complexity index is 1730. The fourth-order valence-electron chi connectivity index (χ4n) is 5.21. The molecule has 0 radical (unpaired) electrons. The molecular formula is C32H36N4O6S. The van der Waals surface area contributed by atoms with Crippen LogP contribution in [0.4, 0.5) is 10.5 Å². The van der Waals surface area contributed by atoms with Crippen molar-refractivity contribution < 1.29 is 27.5 Å². The first-order chi connectivity index (χ1) is 20.7. The maximum absolute atomic E-state index is 13.7. The molecule has 3 heterocycles. The van der Waals surface area contributed by atoms with Crippen molar-refractivity contribution in [1.29, 1.82) is 0 Å². The number of hydrogen-bond acceptors (Lipinski definition) is 7. The van der Waals surface area contributed by atoms with Crippen molar-refractivity contribution in [1.82, 2.24) is 13.9 Å². The number of urea groups is 1. The maximum Gasteiger partial charge on any atom is 0.341 e. The van der Waals surface area contributed by atoms with E-state index >= 15 is 0 Å². The van der Waals surface area contributed by atoms with E-state index < -0.39 is 16.0 Å². The Labute approximate surface area is 251 Å². The highest BCUT2D eigenvalue weighted by molar-refractivity contribution is 7.90. The number of carbonyl (C=O) groups excluding carboxylic acids is 2. The van der Waals surface area contributed by atoms with Gasteiger partial charge in [0.05, 0.1) is 18.6 Å². The number of rotatable bonds is 11. The van der Waals surface area contributed by atoms with Crippen LogP contribution < -0.4 is 9.64 Å². The topological polar surface area (TPSA) is 111 Å². The zero-order valence-corrected chi connectivity index (χ0v) is 25.5. The number of methoxy groups -OCH3 is 1. The number of carbonyl (C=O) groups is 2. The van der Waals surface area contributed by atoms with E-state index in [0.717, 1.165) is 36.8 Å². The first kappa shape index (κ1) is 30.1. The van der Waals surface area contributed by atoms with Gasteiger partial charge in [0, 0.05) is 49.2 Å². The van der Waals surface area contributed by atoms with Crippen LogP contribution >= 0.6 is 0 Å². The summed E-state index contributed by atoms with van der Waals surface area (Å²) in [7, 11) is -2.53. The summed E-state index contributed by atoms with van der Waals surface area (Å²) in [5.74, 6) is -0.112. The fraction of sp³-hybridized carbons (Fsp3) is 0.344. The number of aromatic nitrogens is 2. The maximum atomic E-state index is 13.7. The number of amides is 2. The predicted molar refractivity (Wildman–Crippen MR) is 164 cm³/mol. The van der Waals surface area contributed by atoms with Crippen LogP contribution in [-0.2, 0) is 21.3 Å². The van der Waals surface area contributed by atoms with E-state index in [1.165, 1.54) is 17.3 Å². The monoisotopic (exact) mass is 604 g/mol. The van der Waals surface area contributed by atoms with E-state index in [0.29, 0.717) is 47.7 Å². The SMILES string of the molecule is CCCCCOc1cc(N2CCCN(Cc3ccnc4c3ccn4S(=O)(=O)c3ccc(C)cc3)C2=O)ccc1C(=O)OC. The highest BCUT2D eigenvalue weighted by atomic mass is 32.2. The molecule has 0 aliphatic carbocycles. The molecule has 0 unspecified atom stereocenters. The van der Waals surface area contributed by atoms with Crippen LogP contribution in [0.25, 0.3) is 11.0 Å². The molecule has 0 atom stereocenters. The number of anilines is 1. The highest BCUT2D eigenvalue weighted by Crippen LogP contribution is 2.30. The molecule has 10 nitrogen and oxygen atoms in total. The second-order valence-electron chi connectivity index (χ2n) is 10.6. The number of unbranched alkanes of at least 4 members (excludes halogenated alkanes) is 2. The minimum Gasteiger partial charge on any atom is -0.493 e. The lowest BCUT2D eigenvalue weighted by molar-refractivity contribution is 0.0596. The van der Waals surface area contributed by atoms with Gasteiger partial charge in [-0.25, -0.2) is 27.0 Å². The summed E-state index contributed by atoms with van der Waals surface area (Å²) in [5.41, 5.74) is 3.00. The first-order valence-electron chi connectivity index (χ1n) is 14.4. The quantitative estimate of drug-likeness (QED) is 0.158. The molecule has 5 rings (SSSR count). The van der Waals surface area contributed by atoms with Crippen LogP contribution in [0, 0.1) is 6.92 Å². The largest absolute Gasteiger partial charge is 0.493 e. The fourth-order valence-corrected chi connectivity index (χ4v) is 6.51. The second-order valence-corrected chi connectivity index (χ2v) is 12.4. The van der Waals surface area contributed by atoms with E-state index in [9.17, 15) is 18.0 Å². The van der Waals surface area contributed by atoms with Gasteiger partial charge in [-0.15, -0.1) is 0 Å². The van der Waals surface area contributed by atoms with Crippen LogP contribution in [0.2, 0.25) is 0 Å². The third-order valence-corrected chi connectivity index (χ3v) is 9.26. The minimum absolute atomic E-state index is 0.177. The number of ether oxygens (including phenoxy) is 2. The van der Waals surface area contributed by atoms with Gasteiger partial charge in [-0.3, -0.25) is 4.90 Å². The predicted octanol–water partition coefficient (Wildman–Crippen LogP) is 5.77. The van der Waals surface area contributed by atoms with Gasteiger partial charge in [0.2, 0.25) is 0 Å². The number of nitrogens with zero attached hydrogens (tertiary/aromatic N) is 4. The zero-order chi connectivity index (χ0) is 30.6. The summed E-state index contributed by atoms with van der Waals surface area (Å²) in [6.45, 7) is 5.80. The number of hydrogen-bond donors (Lipinski definition) is 0. The molecule has 11 heteroatoms. The molecule has 4 aromatic rings. The van der Waals surface area contributed by atoms with Crippen LogP contribution in [0.1, 0.15) is 54.1 Å². The van der Waals surface area contributed by atoms with E-state index in [1.54, 1.807) is 64.5 Å². The van der Waals surface area contributed by atoms with E-state index in [4.69, 9.17) is 9.47 Å². The van der Waals surface area contributed by atoms with Crippen LogP contribution in [0.15, 0.2) is 71.9 Å². The Morgan fingerprint density at radius 2 is 1.81 bits per heavy atom. The van der Waals surface area contributed by atoms with Gasteiger partial charge in [0.1, 0.15) is 11.3 Å². The van der Waals surface area contributed by atoms with E-state index in [-0.39, 0.29) is 17.5 Å². The van der Waals surface area contributed by atoms with Crippen molar-refractivity contribution in [3.8, 4) is 5.75 Å². The van der Waals surface area contributed by atoms with Crippen LogP contribution in [0.3, 0.4) is 0 Å². The average Bonchev–Trinajstić information content (AvgIpc) is 3.46. The Hall–Kier alpha value is -4.38. The smallest absolute Gasteiger partial charge is 0.341 e. The Balaban J connectivity index is 1.39. The molecule has 1 aliphatic heterocycles. The molecule has 2 aromatic carbocycles. The number of benzene rings is 2. The Morgan fingerprint density at radius 3 is 2.56 bits per heavy atom. The number of fused-ring (bicyclic) bond motifs is 1. The van der Waals surface area contributed by atoms with Crippen molar-refractivity contribution in [2.45, 2.75) is 51.0 Å². The molecule has 1 saturated heterocycles. The van der Waals surface area contributed by atoms with E-state index in [1.807, 2.05) is 13.0 Å². The van der Waals surface area contributed by atoms with Crippen molar-refractivity contribution in [3.05, 3.63) is 83.7 Å². The van der Waals surface area contributed by atoms with Crippen molar-refractivity contribution in [3.63, 3.8) is 0 Å². The Kier molecular flexibility index (Phi) is 9.00. The first-order valence-corrected chi connectivity index (χ1v) is 15.9. The van der Waals surface area contributed by atoms with Gasteiger partial charge in [-0.05, 0) is 61.7 Å². The summed E-state index contributed by atoms with van der Waals surface area (Å²) in [5, 5.41) is 0.660. The van der Waals surface area contributed by atoms with Crippen LogP contribution in [-0.4, -0.2) is 61.1 Å². The third kappa shape index (κ3) is 6.22. The minimum atomic E-state index is -3.85. The molecule has 1 aliphatic rings. The van der Waals surface area contributed by atoms with Crippen molar-refractivity contribution >= 4 is 38.7 Å². The summed E-state index contributed by atoms with van der Waals surface area (Å²) < 4.78 is 38.9. The van der Waals surface area contributed by atoms with Crippen molar-refractivity contribution in [2.24, 2.45) is 0 Å². The number of pyridine rings is 1. The van der Waals surface area contributed by atoms with E-state index in [2.05, 4.69) is 11.9 Å². The van der Waals surface area contributed by atoms with Gasteiger partial charge in [0.15, 0.2) is 5.65 Å². The Morgan fingerprint density at radius 1 is 1.02 bits per heavy atom. The van der Waals surface area contributed by atoms with Crippen LogP contribution in [0.5, 0.6) is 5.75 Å². The normalized spacial score (nSPS) is 13.9. The lowest BCUT2D eigenvalue weighted by Gasteiger charge is -2.36. The highest BCUT2D eigenvalue weighted by Gasteiger charge is 2.29. The molecule has 0 spiro atoms.